The van der Waals surface area contributed by atoms with Crippen LogP contribution in [0.1, 0.15) is 49.7 Å². The number of hydrogen-bond donors (Lipinski definition) is 1. The van der Waals surface area contributed by atoms with E-state index in [2.05, 4.69) is 15.3 Å². The zero-order valence-corrected chi connectivity index (χ0v) is 23.3. The first-order valence-corrected chi connectivity index (χ1v) is 15.8. The Labute approximate surface area is 234 Å². The second-order valence-corrected chi connectivity index (χ2v) is 13.2. The molecule has 0 spiro atoms. The van der Waals surface area contributed by atoms with Crippen molar-refractivity contribution >= 4 is 26.6 Å². The van der Waals surface area contributed by atoms with Gasteiger partial charge in [-0.3, -0.25) is 0 Å². The van der Waals surface area contributed by atoms with Gasteiger partial charge in [0.05, 0.1) is 22.8 Å². The summed E-state index contributed by atoms with van der Waals surface area (Å²) in [6.45, 7) is 1.93. The molecule has 2 atom stereocenters. The number of pyridine rings is 1. The molecule has 9 heteroatoms. The van der Waals surface area contributed by atoms with E-state index in [1.54, 1.807) is 18.5 Å². The van der Waals surface area contributed by atoms with Gasteiger partial charge in [0.15, 0.2) is 9.84 Å². The van der Waals surface area contributed by atoms with Crippen LogP contribution in [0.15, 0.2) is 60.9 Å². The lowest BCUT2D eigenvalue weighted by atomic mass is 9.94. The molecule has 7 nitrogen and oxygen atoms in total. The third-order valence-corrected chi connectivity index (χ3v) is 9.40. The number of anilines is 1. The average Bonchev–Trinajstić information content (AvgIpc) is 3.74. The van der Waals surface area contributed by atoms with E-state index in [0.29, 0.717) is 47.6 Å². The number of aryl methyl sites for hydroxylation is 1. The highest BCUT2D eigenvalue weighted by atomic mass is 32.2. The first kappa shape index (κ1) is 26.6. The molecule has 2 aliphatic rings. The lowest BCUT2D eigenvalue weighted by molar-refractivity contribution is 0.239. The maximum absolute atomic E-state index is 13.9. The van der Waals surface area contributed by atoms with E-state index in [0.717, 1.165) is 47.6 Å². The summed E-state index contributed by atoms with van der Waals surface area (Å²) in [4.78, 5) is 13.6. The molecule has 2 aromatic carbocycles. The number of benzene rings is 2. The Morgan fingerprint density at radius 3 is 2.62 bits per heavy atom. The third-order valence-electron chi connectivity index (χ3n) is 7.67. The predicted octanol–water partition coefficient (Wildman–Crippen LogP) is 6.81. The second kappa shape index (κ2) is 11.1. The number of sulfone groups is 1. The lowest BCUT2D eigenvalue weighted by Crippen LogP contribution is -2.28. The Bertz CT molecular complexity index is 1640. The molecular weight excluding hydrogens is 527 g/mol. The van der Waals surface area contributed by atoms with Crippen molar-refractivity contribution in [2.24, 2.45) is 5.92 Å². The van der Waals surface area contributed by atoms with E-state index in [9.17, 15) is 12.8 Å². The van der Waals surface area contributed by atoms with Crippen LogP contribution in [0, 0.1) is 12.8 Å². The third kappa shape index (κ3) is 6.09. The molecule has 2 aromatic heterocycles. The largest absolute Gasteiger partial charge is 0.437 e. The minimum atomic E-state index is -3.21. The topological polar surface area (TPSA) is 94.1 Å². The molecule has 6 rings (SSSR count). The van der Waals surface area contributed by atoms with Gasteiger partial charge in [-0.05, 0) is 86.1 Å². The van der Waals surface area contributed by atoms with Gasteiger partial charge in [0, 0.05) is 23.8 Å². The minimum Gasteiger partial charge on any atom is -0.437 e. The van der Waals surface area contributed by atoms with Crippen molar-refractivity contribution in [3.8, 4) is 22.9 Å². The molecular formula is C31H33FN4O3S. The number of ether oxygens (including phenoxy) is 1. The zero-order valence-electron chi connectivity index (χ0n) is 22.5. The maximum atomic E-state index is 13.9. The van der Waals surface area contributed by atoms with Crippen molar-refractivity contribution in [3.05, 3.63) is 72.1 Å². The van der Waals surface area contributed by atoms with Crippen LogP contribution < -0.4 is 10.1 Å². The number of alkyl halides is 1. The monoisotopic (exact) mass is 560 g/mol. The van der Waals surface area contributed by atoms with E-state index >= 15 is 0 Å². The molecule has 0 aliphatic heterocycles. The molecule has 0 amide bonds. The Morgan fingerprint density at radius 1 is 1.00 bits per heavy atom. The molecule has 2 heterocycles. The van der Waals surface area contributed by atoms with Gasteiger partial charge >= 0.3 is 0 Å². The maximum Gasteiger partial charge on any atom is 0.228 e. The molecule has 2 aliphatic carbocycles. The van der Waals surface area contributed by atoms with Crippen molar-refractivity contribution < 1.29 is 17.5 Å². The molecule has 0 bridgehead atoms. The quantitative estimate of drug-likeness (QED) is 0.240. The summed E-state index contributed by atoms with van der Waals surface area (Å²) >= 11 is 0. The zero-order chi connectivity index (χ0) is 27.7. The molecule has 0 saturated heterocycles. The van der Waals surface area contributed by atoms with Gasteiger partial charge in [0.2, 0.25) is 11.8 Å². The first-order chi connectivity index (χ1) is 19.3. The molecule has 2 fully saturated rings. The SMILES string of the molecule is Cc1cc(CS(=O)(=O)CC2CC2)c2ccccc2c1Oc1ncccc1-c1ccnc(NC2CCCC(F)C2)n1. The minimum absolute atomic E-state index is 0.00392. The molecule has 1 N–H and O–H groups in total. The summed E-state index contributed by atoms with van der Waals surface area (Å²) in [5, 5.41) is 4.98. The number of halogens is 1. The fraction of sp³-hybridized carbons (Fsp3) is 0.387. The van der Waals surface area contributed by atoms with Crippen LogP contribution in [0.25, 0.3) is 22.0 Å². The summed E-state index contributed by atoms with van der Waals surface area (Å²) in [5.41, 5.74) is 2.94. The summed E-state index contributed by atoms with van der Waals surface area (Å²) in [6.07, 6.45) is 7.35. The normalized spacial score (nSPS) is 19.4. The molecule has 4 aromatic rings. The first-order valence-electron chi connectivity index (χ1n) is 13.9. The Morgan fingerprint density at radius 2 is 1.82 bits per heavy atom. The van der Waals surface area contributed by atoms with Gasteiger partial charge in [-0.15, -0.1) is 0 Å². The number of fused-ring (bicyclic) bond motifs is 1. The fourth-order valence-electron chi connectivity index (χ4n) is 5.56. The van der Waals surface area contributed by atoms with Crippen LogP contribution in [0.5, 0.6) is 11.6 Å². The number of aromatic nitrogens is 3. The molecule has 208 valence electrons. The van der Waals surface area contributed by atoms with Crippen LogP contribution in [-0.4, -0.2) is 41.3 Å². The van der Waals surface area contributed by atoms with Crippen molar-refractivity contribution in [3.63, 3.8) is 0 Å². The molecule has 2 saturated carbocycles. The van der Waals surface area contributed by atoms with E-state index < -0.39 is 16.0 Å². The summed E-state index contributed by atoms with van der Waals surface area (Å²) in [6, 6.07) is 15.2. The van der Waals surface area contributed by atoms with Gasteiger partial charge in [-0.1, -0.05) is 30.3 Å². The smallest absolute Gasteiger partial charge is 0.228 e. The lowest BCUT2D eigenvalue weighted by Gasteiger charge is -2.25. The summed E-state index contributed by atoms with van der Waals surface area (Å²) in [7, 11) is -3.21. The van der Waals surface area contributed by atoms with Gasteiger partial charge in [0.25, 0.3) is 0 Å². The van der Waals surface area contributed by atoms with Crippen molar-refractivity contribution in [2.75, 3.05) is 11.1 Å². The van der Waals surface area contributed by atoms with Gasteiger partial charge < -0.3 is 10.1 Å². The van der Waals surface area contributed by atoms with Crippen LogP contribution in [0.2, 0.25) is 0 Å². The predicted molar refractivity (Wildman–Crippen MR) is 155 cm³/mol. The molecule has 0 radical (unpaired) electrons. The van der Waals surface area contributed by atoms with E-state index in [1.165, 1.54) is 0 Å². The van der Waals surface area contributed by atoms with Crippen LogP contribution in [0.3, 0.4) is 0 Å². The summed E-state index contributed by atoms with van der Waals surface area (Å²) < 4.78 is 46.1. The molecule has 40 heavy (non-hydrogen) atoms. The second-order valence-electron chi connectivity index (χ2n) is 11.1. The summed E-state index contributed by atoms with van der Waals surface area (Å²) in [5.74, 6) is 2.04. The molecule has 2 unspecified atom stereocenters. The van der Waals surface area contributed by atoms with Gasteiger partial charge in [-0.25, -0.2) is 27.8 Å². The highest BCUT2D eigenvalue weighted by molar-refractivity contribution is 7.90. The Balaban J connectivity index is 1.31. The van der Waals surface area contributed by atoms with Crippen molar-refractivity contribution in [1.29, 1.82) is 0 Å². The highest BCUT2D eigenvalue weighted by Crippen LogP contribution is 2.39. The Hall–Kier alpha value is -3.59. The van der Waals surface area contributed by atoms with E-state index in [4.69, 9.17) is 9.72 Å². The van der Waals surface area contributed by atoms with Crippen LogP contribution in [-0.2, 0) is 15.6 Å². The average molecular weight is 561 g/mol. The van der Waals surface area contributed by atoms with E-state index in [1.807, 2.05) is 49.4 Å². The van der Waals surface area contributed by atoms with E-state index in [-0.39, 0.29) is 17.5 Å². The number of nitrogens with zero attached hydrogens (tertiary/aromatic N) is 3. The van der Waals surface area contributed by atoms with Crippen LogP contribution in [0.4, 0.5) is 10.3 Å². The van der Waals surface area contributed by atoms with Crippen LogP contribution >= 0.6 is 0 Å². The highest BCUT2D eigenvalue weighted by Gasteiger charge is 2.29. The van der Waals surface area contributed by atoms with Gasteiger partial charge in [0.1, 0.15) is 11.9 Å². The standard InChI is InChI=1S/C31H33FN4O3S/c1-20-16-22(19-40(37,38)18-21-11-12-21)25-8-2-3-9-26(25)29(20)39-30-27(10-5-14-33-30)28-13-15-34-31(36-28)35-24-7-4-6-23(32)17-24/h2-3,5,8-10,13-16,21,23-24H,4,6-7,11-12,17-19H2,1H3,(H,34,35,36). The number of nitrogens with one attached hydrogen (secondary N) is 1. The number of hydrogen-bond acceptors (Lipinski definition) is 7. The fourth-order valence-corrected chi connectivity index (χ4v) is 7.44. The Kier molecular flexibility index (Phi) is 7.40. The van der Waals surface area contributed by atoms with Crippen molar-refractivity contribution in [1.82, 2.24) is 15.0 Å². The van der Waals surface area contributed by atoms with Crippen molar-refractivity contribution in [2.45, 2.75) is 63.4 Å². The van der Waals surface area contributed by atoms with Gasteiger partial charge in [-0.2, -0.15) is 0 Å². The number of rotatable bonds is 9.